The molecule has 1 aromatic heterocycles. The highest BCUT2D eigenvalue weighted by Crippen LogP contribution is 2.10. The standard InChI is InChI=1S/C11H19Cl2N5/c1-7(2)18(8(3)4)6-5-14-11-16-9(12)15-10(13)17-11/h7-8H,5-6H2,1-4H3,(H,14,15,16,17). The van der Waals surface area contributed by atoms with E-state index >= 15 is 0 Å². The van der Waals surface area contributed by atoms with Crippen LogP contribution in [0.1, 0.15) is 27.7 Å². The molecule has 0 aliphatic rings. The van der Waals surface area contributed by atoms with Crippen molar-refractivity contribution in [3.05, 3.63) is 10.6 Å². The highest BCUT2D eigenvalue weighted by molar-refractivity contribution is 6.31. The number of nitrogens with zero attached hydrogens (tertiary/aromatic N) is 4. The van der Waals surface area contributed by atoms with Gasteiger partial charge in [-0.2, -0.15) is 15.0 Å². The van der Waals surface area contributed by atoms with Gasteiger partial charge in [-0.1, -0.05) is 0 Å². The Kier molecular flexibility index (Phi) is 6.05. The van der Waals surface area contributed by atoms with Crippen LogP contribution in [0, 0.1) is 0 Å². The van der Waals surface area contributed by atoms with Gasteiger partial charge in [-0.25, -0.2) is 0 Å². The van der Waals surface area contributed by atoms with Crippen molar-refractivity contribution in [2.75, 3.05) is 18.4 Å². The van der Waals surface area contributed by atoms with Gasteiger partial charge >= 0.3 is 0 Å². The summed E-state index contributed by atoms with van der Waals surface area (Å²) in [6.45, 7) is 10.3. The molecule has 0 aromatic carbocycles. The van der Waals surface area contributed by atoms with E-state index < -0.39 is 0 Å². The second-order valence-electron chi connectivity index (χ2n) is 4.55. The summed E-state index contributed by atoms with van der Waals surface area (Å²) in [5.74, 6) is 0.410. The van der Waals surface area contributed by atoms with Crippen molar-refractivity contribution in [2.24, 2.45) is 0 Å². The Bertz CT molecular complexity index is 355. The van der Waals surface area contributed by atoms with Crippen LogP contribution >= 0.6 is 23.2 Å². The van der Waals surface area contributed by atoms with Crippen molar-refractivity contribution in [1.82, 2.24) is 19.9 Å². The predicted octanol–water partition coefficient (Wildman–Crippen LogP) is 2.71. The highest BCUT2D eigenvalue weighted by atomic mass is 35.5. The third kappa shape index (κ3) is 4.92. The van der Waals surface area contributed by atoms with Crippen molar-refractivity contribution in [3.8, 4) is 0 Å². The zero-order valence-corrected chi connectivity index (χ0v) is 12.6. The molecule has 1 N–H and O–H groups in total. The first-order chi connectivity index (χ1) is 8.40. The quantitative estimate of drug-likeness (QED) is 0.873. The van der Waals surface area contributed by atoms with Crippen LogP contribution < -0.4 is 5.32 Å². The minimum atomic E-state index is 0.0991. The van der Waals surface area contributed by atoms with Crippen LogP contribution in [-0.4, -0.2) is 45.0 Å². The monoisotopic (exact) mass is 291 g/mol. The minimum Gasteiger partial charge on any atom is -0.353 e. The fourth-order valence-corrected chi connectivity index (χ4v) is 2.18. The van der Waals surface area contributed by atoms with E-state index in [1.54, 1.807) is 0 Å². The van der Waals surface area contributed by atoms with Crippen LogP contribution in [0.5, 0.6) is 0 Å². The van der Waals surface area contributed by atoms with Crippen LogP contribution in [-0.2, 0) is 0 Å². The van der Waals surface area contributed by atoms with E-state index in [0.29, 0.717) is 18.0 Å². The van der Waals surface area contributed by atoms with Crippen molar-refractivity contribution in [1.29, 1.82) is 0 Å². The Hall–Kier alpha value is -0.650. The zero-order valence-electron chi connectivity index (χ0n) is 11.1. The highest BCUT2D eigenvalue weighted by Gasteiger charge is 2.12. The molecular formula is C11H19Cl2N5. The van der Waals surface area contributed by atoms with Gasteiger partial charge in [0, 0.05) is 25.2 Å². The van der Waals surface area contributed by atoms with Gasteiger partial charge in [0.2, 0.25) is 16.5 Å². The summed E-state index contributed by atoms with van der Waals surface area (Å²) in [5, 5.41) is 3.29. The number of hydrogen-bond acceptors (Lipinski definition) is 5. The maximum Gasteiger partial charge on any atom is 0.228 e. The summed E-state index contributed by atoms with van der Waals surface area (Å²) in [6, 6.07) is 0.995. The molecule has 1 aromatic rings. The smallest absolute Gasteiger partial charge is 0.228 e. The number of hydrogen-bond donors (Lipinski definition) is 1. The van der Waals surface area contributed by atoms with E-state index in [0.717, 1.165) is 13.1 Å². The van der Waals surface area contributed by atoms with Crippen LogP contribution in [0.3, 0.4) is 0 Å². The molecule has 0 spiro atoms. The van der Waals surface area contributed by atoms with E-state index in [2.05, 4.69) is 52.9 Å². The number of aromatic nitrogens is 3. The molecular weight excluding hydrogens is 273 g/mol. The van der Waals surface area contributed by atoms with Crippen LogP contribution in [0.15, 0.2) is 0 Å². The molecule has 5 nitrogen and oxygen atoms in total. The fraction of sp³-hybridized carbons (Fsp3) is 0.727. The summed E-state index contributed by atoms with van der Waals surface area (Å²) in [4.78, 5) is 14.0. The fourth-order valence-electron chi connectivity index (χ4n) is 1.81. The van der Waals surface area contributed by atoms with Gasteiger partial charge in [0.15, 0.2) is 0 Å². The first-order valence-electron chi connectivity index (χ1n) is 5.97. The second-order valence-corrected chi connectivity index (χ2v) is 5.23. The SMILES string of the molecule is CC(C)N(CCNc1nc(Cl)nc(Cl)n1)C(C)C. The molecule has 0 aliphatic heterocycles. The van der Waals surface area contributed by atoms with Gasteiger partial charge in [0.1, 0.15) is 0 Å². The number of rotatable bonds is 6. The third-order valence-corrected chi connectivity index (χ3v) is 2.90. The largest absolute Gasteiger partial charge is 0.353 e. The normalized spacial score (nSPS) is 11.6. The number of nitrogens with one attached hydrogen (secondary N) is 1. The summed E-state index contributed by atoms with van der Waals surface area (Å²) in [7, 11) is 0. The Morgan fingerprint density at radius 3 is 1.94 bits per heavy atom. The number of anilines is 1. The van der Waals surface area contributed by atoms with Crippen molar-refractivity contribution in [3.63, 3.8) is 0 Å². The zero-order chi connectivity index (χ0) is 13.7. The molecule has 1 heterocycles. The summed E-state index contributed by atoms with van der Waals surface area (Å²) < 4.78 is 0. The molecule has 0 aliphatic carbocycles. The molecule has 0 saturated heterocycles. The van der Waals surface area contributed by atoms with Crippen molar-refractivity contribution < 1.29 is 0 Å². The molecule has 18 heavy (non-hydrogen) atoms. The molecule has 102 valence electrons. The lowest BCUT2D eigenvalue weighted by Gasteiger charge is -2.30. The lowest BCUT2D eigenvalue weighted by molar-refractivity contribution is 0.182. The van der Waals surface area contributed by atoms with E-state index in [1.165, 1.54) is 0 Å². The molecule has 0 bridgehead atoms. The Morgan fingerprint density at radius 2 is 1.50 bits per heavy atom. The van der Waals surface area contributed by atoms with Crippen LogP contribution in [0.4, 0.5) is 5.95 Å². The molecule has 0 atom stereocenters. The third-order valence-electron chi connectivity index (χ3n) is 2.56. The van der Waals surface area contributed by atoms with Gasteiger partial charge in [-0.3, -0.25) is 4.90 Å². The molecule has 0 fully saturated rings. The van der Waals surface area contributed by atoms with E-state index in [4.69, 9.17) is 23.2 Å². The molecule has 1 rings (SSSR count). The first kappa shape index (κ1) is 15.4. The van der Waals surface area contributed by atoms with Crippen molar-refractivity contribution >= 4 is 29.2 Å². The van der Waals surface area contributed by atoms with Gasteiger partial charge < -0.3 is 5.32 Å². The molecule has 0 unspecified atom stereocenters. The van der Waals surface area contributed by atoms with E-state index in [-0.39, 0.29) is 10.6 Å². The molecule has 0 amide bonds. The van der Waals surface area contributed by atoms with Gasteiger partial charge in [-0.15, -0.1) is 0 Å². The lowest BCUT2D eigenvalue weighted by Crippen LogP contribution is -2.40. The van der Waals surface area contributed by atoms with Gasteiger partial charge in [-0.05, 0) is 50.9 Å². The first-order valence-corrected chi connectivity index (χ1v) is 6.72. The minimum absolute atomic E-state index is 0.0991. The maximum absolute atomic E-state index is 5.70. The summed E-state index contributed by atoms with van der Waals surface area (Å²) >= 11 is 11.4. The predicted molar refractivity (Wildman–Crippen MR) is 75.3 cm³/mol. The molecule has 7 heteroatoms. The van der Waals surface area contributed by atoms with Gasteiger partial charge in [0.25, 0.3) is 0 Å². The maximum atomic E-state index is 5.70. The topological polar surface area (TPSA) is 53.9 Å². The molecule has 0 saturated carbocycles. The van der Waals surface area contributed by atoms with Crippen LogP contribution in [0.25, 0.3) is 0 Å². The molecule has 0 radical (unpaired) electrons. The van der Waals surface area contributed by atoms with E-state index in [9.17, 15) is 0 Å². The number of halogens is 2. The second kappa shape index (κ2) is 7.07. The average molecular weight is 292 g/mol. The lowest BCUT2D eigenvalue weighted by atomic mass is 10.2. The Morgan fingerprint density at radius 1 is 1.00 bits per heavy atom. The van der Waals surface area contributed by atoms with E-state index in [1.807, 2.05) is 0 Å². The summed E-state index contributed by atoms with van der Waals surface area (Å²) in [6.07, 6.45) is 0. The Labute approximate surface area is 118 Å². The van der Waals surface area contributed by atoms with Crippen molar-refractivity contribution in [2.45, 2.75) is 39.8 Å². The average Bonchev–Trinajstić information content (AvgIpc) is 2.21. The summed E-state index contributed by atoms with van der Waals surface area (Å²) in [5.41, 5.74) is 0. The Balaban J connectivity index is 2.50. The van der Waals surface area contributed by atoms with Crippen LogP contribution in [0.2, 0.25) is 10.6 Å². The van der Waals surface area contributed by atoms with Gasteiger partial charge in [0.05, 0.1) is 0 Å².